The molecule has 7 heteroatoms. The van der Waals surface area contributed by atoms with Gasteiger partial charge in [0.2, 0.25) is 0 Å². The van der Waals surface area contributed by atoms with Crippen molar-refractivity contribution in [2.75, 3.05) is 44.2 Å². The summed E-state index contributed by atoms with van der Waals surface area (Å²) in [5.41, 5.74) is 0.932. The maximum atomic E-state index is 4.72. The number of anilines is 1. The van der Waals surface area contributed by atoms with Crippen LogP contribution in [-0.2, 0) is 7.05 Å². The highest BCUT2D eigenvalue weighted by Gasteiger charge is 2.36. The van der Waals surface area contributed by atoms with Gasteiger partial charge < -0.3 is 4.90 Å². The summed E-state index contributed by atoms with van der Waals surface area (Å²) in [5.74, 6) is 1.88. The first-order valence-electron chi connectivity index (χ1n) is 10.6. The first-order valence-corrected chi connectivity index (χ1v) is 10.6. The smallest absolute Gasteiger partial charge is 0.163 e. The zero-order valence-electron chi connectivity index (χ0n) is 16.6. The van der Waals surface area contributed by atoms with Crippen molar-refractivity contribution in [3.05, 3.63) is 12.0 Å². The predicted octanol–water partition coefficient (Wildman–Crippen LogP) is 1.81. The molecule has 3 fully saturated rings. The van der Waals surface area contributed by atoms with Gasteiger partial charge in [-0.25, -0.2) is 9.97 Å². The Morgan fingerprint density at radius 2 is 1.56 bits per heavy atom. The molecule has 2 aromatic heterocycles. The van der Waals surface area contributed by atoms with Gasteiger partial charge in [-0.05, 0) is 19.8 Å². The van der Waals surface area contributed by atoms with Gasteiger partial charge in [-0.1, -0.05) is 19.3 Å². The van der Waals surface area contributed by atoms with E-state index < -0.39 is 0 Å². The molecule has 1 aliphatic carbocycles. The molecular formula is C20H31N7. The Kier molecular flexibility index (Phi) is 4.52. The third kappa shape index (κ3) is 3.21. The molecular weight excluding hydrogens is 338 g/mol. The molecule has 0 radical (unpaired) electrons. The second-order valence-corrected chi connectivity index (χ2v) is 8.52. The van der Waals surface area contributed by atoms with Crippen molar-refractivity contribution in [2.45, 2.75) is 51.1 Å². The Hall–Kier alpha value is -1.73. The van der Waals surface area contributed by atoms with Gasteiger partial charge in [0.05, 0.1) is 11.6 Å². The molecule has 0 unspecified atom stereocenters. The lowest BCUT2D eigenvalue weighted by Crippen LogP contribution is -2.64. The minimum absolute atomic E-state index is 0.667. The zero-order valence-corrected chi connectivity index (χ0v) is 16.6. The van der Waals surface area contributed by atoms with Crippen LogP contribution in [0, 0.1) is 6.92 Å². The summed E-state index contributed by atoms with van der Waals surface area (Å²) in [7, 11) is 1.95. The largest absolute Gasteiger partial charge is 0.353 e. The van der Waals surface area contributed by atoms with Gasteiger partial charge in [-0.3, -0.25) is 14.5 Å². The highest BCUT2D eigenvalue weighted by atomic mass is 15.4. The van der Waals surface area contributed by atoms with E-state index in [-0.39, 0.29) is 0 Å². The second-order valence-electron chi connectivity index (χ2n) is 8.52. The van der Waals surface area contributed by atoms with Crippen molar-refractivity contribution in [2.24, 2.45) is 7.05 Å². The van der Waals surface area contributed by atoms with E-state index >= 15 is 0 Å². The Morgan fingerprint density at radius 1 is 0.889 bits per heavy atom. The van der Waals surface area contributed by atoms with Crippen LogP contribution >= 0.6 is 0 Å². The first-order chi connectivity index (χ1) is 13.2. The van der Waals surface area contributed by atoms with Gasteiger partial charge in [0.15, 0.2) is 5.65 Å². The van der Waals surface area contributed by atoms with Crippen molar-refractivity contribution in [3.63, 3.8) is 0 Å². The van der Waals surface area contributed by atoms with Crippen LogP contribution in [0.15, 0.2) is 6.20 Å². The lowest BCUT2D eigenvalue weighted by molar-refractivity contribution is 0.0487. The molecule has 0 bridgehead atoms. The van der Waals surface area contributed by atoms with Gasteiger partial charge >= 0.3 is 0 Å². The number of aromatic nitrogens is 4. The first kappa shape index (κ1) is 17.4. The van der Waals surface area contributed by atoms with Crippen molar-refractivity contribution in [3.8, 4) is 0 Å². The Labute approximate surface area is 161 Å². The number of hydrogen-bond donors (Lipinski definition) is 0. The average molecular weight is 370 g/mol. The van der Waals surface area contributed by atoms with Gasteiger partial charge in [0.25, 0.3) is 0 Å². The zero-order chi connectivity index (χ0) is 18.4. The van der Waals surface area contributed by atoms with Crippen molar-refractivity contribution in [1.82, 2.24) is 29.5 Å². The third-order valence-electron chi connectivity index (χ3n) is 6.80. The number of rotatable bonds is 3. The maximum Gasteiger partial charge on any atom is 0.163 e. The summed E-state index contributed by atoms with van der Waals surface area (Å²) in [5, 5.41) is 5.44. The lowest BCUT2D eigenvalue weighted by Gasteiger charge is -2.49. The number of fused-ring (bicyclic) bond motifs is 1. The van der Waals surface area contributed by atoms with Crippen LogP contribution in [0.25, 0.3) is 11.0 Å². The summed E-state index contributed by atoms with van der Waals surface area (Å²) in [6.07, 6.45) is 9.06. The molecule has 2 aliphatic heterocycles. The van der Waals surface area contributed by atoms with Crippen LogP contribution in [0.1, 0.15) is 37.9 Å². The van der Waals surface area contributed by atoms with Crippen molar-refractivity contribution in [1.29, 1.82) is 0 Å². The predicted molar refractivity (Wildman–Crippen MR) is 107 cm³/mol. The molecule has 5 rings (SSSR count). The van der Waals surface area contributed by atoms with E-state index in [1.54, 1.807) is 0 Å². The molecule has 2 saturated heterocycles. The molecule has 0 spiro atoms. The molecule has 0 amide bonds. The fraction of sp³-hybridized carbons (Fsp3) is 0.750. The van der Waals surface area contributed by atoms with E-state index in [1.165, 1.54) is 58.3 Å². The molecule has 3 aliphatic rings. The van der Waals surface area contributed by atoms with Gasteiger partial charge in [0, 0.05) is 58.4 Å². The number of piperazine rings is 1. The number of hydrogen-bond acceptors (Lipinski definition) is 6. The standard InChI is InChI=1S/C20H31N7/c1-15-22-19-18(12-21-24(19)2)20(23-15)27-13-17(14-27)26-10-8-25(9-11-26)16-6-4-3-5-7-16/h12,16-17H,3-11,13-14H2,1-2H3. The minimum atomic E-state index is 0.667. The van der Waals surface area contributed by atoms with Crippen LogP contribution in [0.3, 0.4) is 0 Å². The molecule has 27 heavy (non-hydrogen) atoms. The average Bonchev–Trinajstić information content (AvgIpc) is 3.03. The summed E-state index contributed by atoms with van der Waals surface area (Å²) in [6, 6.07) is 1.53. The van der Waals surface area contributed by atoms with Crippen molar-refractivity contribution >= 4 is 16.9 Å². The van der Waals surface area contributed by atoms with Crippen molar-refractivity contribution < 1.29 is 0 Å². The number of nitrogens with zero attached hydrogens (tertiary/aromatic N) is 7. The van der Waals surface area contributed by atoms with E-state index in [0.717, 1.165) is 41.8 Å². The molecule has 0 atom stereocenters. The molecule has 4 heterocycles. The van der Waals surface area contributed by atoms with Crippen LogP contribution < -0.4 is 4.90 Å². The van der Waals surface area contributed by atoms with Gasteiger partial charge in [-0.2, -0.15) is 5.10 Å². The van der Waals surface area contributed by atoms with E-state index in [2.05, 4.69) is 24.8 Å². The highest BCUT2D eigenvalue weighted by molar-refractivity contribution is 5.87. The van der Waals surface area contributed by atoms with Crippen LogP contribution in [0.4, 0.5) is 5.82 Å². The minimum Gasteiger partial charge on any atom is -0.353 e. The summed E-state index contributed by atoms with van der Waals surface area (Å²) in [4.78, 5) is 17.1. The summed E-state index contributed by atoms with van der Waals surface area (Å²) < 4.78 is 1.84. The lowest BCUT2D eigenvalue weighted by atomic mass is 9.93. The molecule has 7 nitrogen and oxygen atoms in total. The molecule has 146 valence electrons. The summed E-state index contributed by atoms with van der Waals surface area (Å²) in [6.45, 7) is 9.06. The fourth-order valence-corrected chi connectivity index (χ4v) is 5.13. The van der Waals surface area contributed by atoms with Crippen LogP contribution in [-0.4, -0.2) is 80.9 Å². The normalized spacial score (nSPS) is 23.9. The Morgan fingerprint density at radius 3 is 2.26 bits per heavy atom. The monoisotopic (exact) mass is 369 g/mol. The van der Waals surface area contributed by atoms with E-state index in [0.29, 0.717) is 6.04 Å². The molecule has 0 aromatic carbocycles. The molecule has 0 N–H and O–H groups in total. The highest BCUT2D eigenvalue weighted by Crippen LogP contribution is 2.30. The topological polar surface area (TPSA) is 53.3 Å². The second kappa shape index (κ2) is 7.02. The van der Waals surface area contributed by atoms with Gasteiger partial charge in [-0.15, -0.1) is 0 Å². The molecule has 2 aromatic rings. The van der Waals surface area contributed by atoms with Gasteiger partial charge in [0.1, 0.15) is 11.6 Å². The van der Waals surface area contributed by atoms with Crippen LogP contribution in [0.2, 0.25) is 0 Å². The van der Waals surface area contributed by atoms with E-state index in [9.17, 15) is 0 Å². The SMILES string of the molecule is Cc1nc(N2CC(N3CCN(C4CCCCC4)CC3)C2)c2cnn(C)c2n1. The summed E-state index contributed by atoms with van der Waals surface area (Å²) >= 11 is 0. The number of aryl methyl sites for hydroxylation is 2. The fourth-order valence-electron chi connectivity index (χ4n) is 5.13. The Bertz CT molecular complexity index is 796. The van der Waals surface area contributed by atoms with E-state index in [4.69, 9.17) is 4.98 Å². The maximum absolute atomic E-state index is 4.72. The Balaban J connectivity index is 1.20. The molecule has 1 saturated carbocycles. The third-order valence-corrected chi connectivity index (χ3v) is 6.80. The van der Waals surface area contributed by atoms with Crippen LogP contribution in [0.5, 0.6) is 0 Å². The quantitative estimate of drug-likeness (QED) is 0.823. The van der Waals surface area contributed by atoms with E-state index in [1.807, 2.05) is 24.9 Å².